The molecule has 3 amide bonds. The lowest BCUT2D eigenvalue weighted by molar-refractivity contribution is -0.132. The fourth-order valence-electron chi connectivity index (χ4n) is 3.07. The van der Waals surface area contributed by atoms with Crippen LogP contribution in [-0.2, 0) is 27.3 Å². The Kier molecular flexibility index (Phi) is 5.67. The molecule has 3 rings (SSSR count). The molecule has 6 nitrogen and oxygen atoms in total. The highest BCUT2D eigenvalue weighted by molar-refractivity contribution is 5.93. The number of fused-ring (bicyclic) bond motifs is 1. The monoisotopic (exact) mass is 387 g/mol. The Labute approximate surface area is 160 Å². The topological polar surface area (TPSA) is 87.3 Å². The van der Waals surface area contributed by atoms with Crippen molar-refractivity contribution in [1.29, 1.82) is 0 Å². The zero-order valence-corrected chi connectivity index (χ0v) is 15.1. The van der Waals surface area contributed by atoms with Crippen LogP contribution >= 0.6 is 0 Å². The summed E-state index contributed by atoms with van der Waals surface area (Å²) in [6.45, 7) is 1.85. The lowest BCUT2D eigenvalue weighted by Crippen LogP contribution is -2.50. The summed E-state index contributed by atoms with van der Waals surface area (Å²) in [7, 11) is 0. The molecule has 1 aliphatic heterocycles. The first-order valence-electron chi connectivity index (χ1n) is 8.73. The molecular formula is C20H19F2N3O3. The highest BCUT2D eigenvalue weighted by atomic mass is 19.1. The second-order valence-corrected chi connectivity index (χ2v) is 6.60. The molecule has 0 radical (unpaired) electrons. The largest absolute Gasteiger partial charge is 0.350 e. The van der Waals surface area contributed by atoms with Crippen LogP contribution in [0.1, 0.15) is 29.7 Å². The molecule has 3 N–H and O–H groups in total. The van der Waals surface area contributed by atoms with Crippen LogP contribution in [-0.4, -0.2) is 23.8 Å². The molecule has 1 unspecified atom stereocenters. The number of amides is 3. The number of carbonyl (C=O) groups is 3. The number of benzene rings is 2. The Morgan fingerprint density at radius 1 is 1.18 bits per heavy atom. The molecule has 0 saturated heterocycles. The predicted molar refractivity (Wildman–Crippen MR) is 96.8 cm³/mol. The van der Waals surface area contributed by atoms with E-state index < -0.39 is 35.5 Å². The maximum atomic E-state index is 13.2. The molecule has 1 aliphatic rings. The van der Waals surface area contributed by atoms with E-state index in [0.29, 0.717) is 18.2 Å². The van der Waals surface area contributed by atoms with Crippen LogP contribution in [0.15, 0.2) is 42.5 Å². The Hall–Kier alpha value is -3.29. The van der Waals surface area contributed by atoms with Crippen LogP contribution in [0.5, 0.6) is 0 Å². The van der Waals surface area contributed by atoms with Crippen LogP contribution in [0.2, 0.25) is 0 Å². The molecule has 0 fully saturated rings. The van der Waals surface area contributed by atoms with Gasteiger partial charge in [-0.15, -0.1) is 0 Å². The lowest BCUT2D eigenvalue weighted by Gasteiger charge is -2.27. The number of nitrogens with one attached hydrogen (secondary N) is 3. The van der Waals surface area contributed by atoms with Gasteiger partial charge in [0.2, 0.25) is 17.7 Å². The molecule has 2 atom stereocenters. The molecular weight excluding hydrogens is 368 g/mol. The zero-order valence-electron chi connectivity index (χ0n) is 15.1. The maximum absolute atomic E-state index is 13.2. The summed E-state index contributed by atoms with van der Waals surface area (Å²) in [5, 5.41) is 7.80. The van der Waals surface area contributed by atoms with E-state index in [0.717, 1.165) is 17.7 Å². The minimum atomic E-state index is -0.937. The van der Waals surface area contributed by atoms with Crippen molar-refractivity contribution in [2.45, 2.75) is 32.0 Å². The number of hydrogen-bond acceptors (Lipinski definition) is 3. The summed E-state index contributed by atoms with van der Waals surface area (Å²) in [5.74, 6) is -3.01. The minimum Gasteiger partial charge on any atom is -0.350 e. The van der Waals surface area contributed by atoms with Gasteiger partial charge in [0.1, 0.15) is 23.7 Å². The van der Waals surface area contributed by atoms with Gasteiger partial charge in [0.15, 0.2) is 0 Å². The second kappa shape index (κ2) is 8.16. The first-order valence-corrected chi connectivity index (χ1v) is 8.73. The van der Waals surface area contributed by atoms with Crippen LogP contribution in [0, 0.1) is 11.6 Å². The molecule has 0 saturated carbocycles. The Morgan fingerprint density at radius 3 is 2.57 bits per heavy atom. The normalized spacial score (nSPS) is 16.5. The molecule has 8 heteroatoms. The first kappa shape index (κ1) is 19.5. The van der Waals surface area contributed by atoms with Crippen molar-refractivity contribution in [3.05, 3.63) is 70.8 Å². The minimum absolute atomic E-state index is 0.156. The molecule has 146 valence electrons. The van der Waals surface area contributed by atoms with Gasteiger partial charge in [-0.3, -0.25) is 14.4 Å². The third-order valence-corrected chi connectivity index (χ3v) is 4.43. The molecule has 0 spiro atoms. The first-order chi connectivity index (χ1) is 13.3. The van der Waals surface area contributed by atoms with Gasteiger partial charge in [0, 0.05) is 12.6 Å². The van der Waals surface area contributed by atoms with E-state index in [9.17, 15) is 23.2 Å². The Balaban J connectivity index is 1.61. The molecule has 0 bridgehead atoms. The average Bonchev–Trinajstić information content (AvgIpc) is 2.63. The van der Waals surface area contributed by atoms with E-state index in [1.54, 1.807) is 12.1 Å². The van der Waals surface area contributed by atoms with Gasteiger partial charge in [-0.1, -0.05) is 24.3 Å². The lowest BCUT2D eigenvalue weighted by atomic mass is 9.96. The third-order valence-electron chi connectivity index (χ3n) is 4.43. The van der Waals surface area contributed by atoms with Crippen LogP contribution in [0.3, 0.4) is 0 Å². The summed E-state index contributed by atoms with van der Waals surface area (Å²) in [6, 6.07) is 8.27. The standard InChI is InChI=1S/C20H19F2N3O3/c1-11(24-17(26)8-12-6-14(21)9-15(22)7-12)19(27)25-18-16-5-3-2-4-13(16)10-23-20(18)28/h2-7,9,11,18H,8,10H2,1H3,(H,23,28)(H,24,26)(H,25,27)/t11-,18?/m0/s1. The molecule has 28 heavy (non-hydrogen) atoms. The maximum Gasteiger partial charge on any atom is 0.247 e. The molecule has 2 aromatic rings. The summed E-state index contributed by atoms with van der Waals surface area (Å²) < 4.78 is 26.4. The van der Waals surface area contributed by atoms with E-state index in [2.05, 4.69) is 16.0 Å². The fraction of sp³-hybridized carbons (Fsp3) is 0.250. The van der Waals surface area contributed by atoms with Gasteiger partial charge in [0.05, 0.1) is 6.42 Å². The quantitative estimate of drug-likeness (QED) is 0.727. The summed E-state index contributed by atoms with van der Waals surface area (Å²) in [4.78, 5) is 36.7. The molecule has 0 aromatic heterocycles. The van der Waals surface area contributed by atoms with Crippen molar-refractivity contribution in [2.24, 2.45) is 0 Å². The number of rotatable bonds is 5. The Morgan fingerprint density at radius 2 is 1.86 bits per heavy atom. The van der Waals surface area contributed by atoms with Gasteiger partial charge in [0.25, 0.3) is 0 Å². The van der Waals surface area contributed by atoms with Crippen molar-refractivity contribution < 1.29 is 23.2 Å². The Bertz CT molecular complexity index is 912. The van der Waals surface area contributed by atoms with E-state index in [1.807, 2.05) is 12.1 Å². The SMILES string of the molecule is C[C@H](NC(=O)Cc1cc(F)cc(F)c1)C(=O)NC1C(=O)NCc2ccccc21. The number of carbonyl (C=O) groups excluding carboxylic acids is 3. The van der Waals surface area contributed by atoms with Crippen LogP contribution in [0.25, 0.3) is 0 Å². The van der Waals surface area contributed by atoms with Crippen molar-refractivity contribution in [3.63, 3.8) is 0 Å². The number of hydrogen-bond donors (Lipinski definition) is 3. The van der Waals surface area contributed by atoms with Gasteiger partial charge < -0.3 is 16.0 Å². The van der Waals surface area contributed by atoms with Gasteiger partial charge in [-0.05, 0) is 35.7 Å². The van der Waals surface area contributed by atoms with Gasteiger partial charge in [-0.25, -0.2) is 8.78 Å². The highest BCUT2D eigenvalue weighted by Gasteiger charge is 2.30. The third kappa shape index (κ3) is 4.51. The molecule has 1 heterocycles. The van der Waals surface area contributed by atoms with Crippen molar-refractivity contribution in [3.8, 4) is 0 Å². The van der Waals surface area contributed by atoms with E-state index in [1.165, 1.54) is 6.92 Å². The molecule has 2 aromatic carbocycles. The summed E-state index contributed by atoms with van der Waals surface area (Å²) >= 11 is 0. The van der Waals surface area contributed by atoms with Crippen LogP contribution < -0.4 is 16.0 Å². The second-order valence-electron chi connectivity index (χ2n) is 6.60. The smallest absolute Gasteiger partial charge is 0.247 e. The predicted octanol–water partition coefficient (Wildman–Crippen LogP) is 1.50. The summed E-state index contributed by atoms with van der Waals surface area (Å²) in [6.07, 6.45) is -0.279. The van der Waals surface area contributed by atoms with Crippen LogP contribution in [0.4, 0.5) is 8.78 Å². The van der Waals surface area contributed by atoms with E-state index in [4.69, 9.17) is 0 Å². The van der Waals surface area contributed by atoms with Crippen molar-refractivity contribution in [1.82, 2.24) is 16.0 Å². The van der Waals surface area contributed by atoms with Crippen molar-refractivity contribution >= 4 is 17.7 Å². The summed E-state index contributed by atoms with van der Waals surface area (Å²) in [5.41, 5.74) is 1.76. The molecule has 0 aliphatic carbocycles. The highest BCUT2D eigenvalue weighted by Crippen LogP contribution is 2.22. The average molecular weight is 387 g/mol. The van der Waals surface area contributed by atoms with E-state index >= 15 is 0 Å². The number of halogens is 2. The van der Waals surface area contributed by atoms with E-state index in [-0.39, 0.29) is 17.9 Å². The fourth-order valence-corrected chi connectivity index (χ4v) is 3.07. The van der Waals surface area contributed by atoms with Gasteiger partial charge in [-0.2, -0.15) is 0 Å². The zero-order chi connectivity index (χ0) is 20.3. The van der Waals surface area contributed by atoms with Crippen molar-refractivity contribution in [2.75, 3.05) is 0 Å². The van der Waals surface area contributed by atoms with Gasteiger partial charge >= 0.3 is 0 Å².